The molecule has 3 heteroatoms. The van der Waals surface area contributed by atoms with Crippen molar-refractivity contribution in [3.8, 4) is 0 Å². The van der Waals surface area contributed by atoms with Crippen molar-refractivity contribution < 1.29 is 14.3 Å². The average Bonchev–Trinajstić information content (AvgIpc) is 2.52. The molecule has 0 aromatic rings. The van der Waals surface area contributed by atoms with Crippen LogP contribution in [0.3, 0.4) is 0 Å². The quantitative estimate of drug-likeness (QED) is 0.481. The van der Waals surface area contributed by atoms with E-state index in [-0.39, 0.29) is 22.6 Å². The van der Waals surface area contributed by atoms with E-state index >= 15 is 0 Å². The van der Waals surface area contributed by atoms with Crippen molar-refractivity contribution in [3.63, 3.8) is 0 Å². The number of ether oxygens (including phenoxy) is 1. The van der Waals surface area contributed by atoms with Crippen LogP contribution in [0.4, 0.5) is 0 Å². The smallest absolute Gasteiger partial charge is 0.311 e. The van der Waals surface area contributed by atoms with E-state index in [0.29, 0.717) is 24.2 Å². The van der Waals surface area contributed by atoms with Gasteiger partial charge >= 0.3 is 5.97 Å². The van der Waals surface area contributed by atoms with Crippen LogP contribution >= 0.6 is 0 Å². The third-order valence-electron chi connectivity index (χ3n) is 7.26. The van der Waals surface area contributed by atoms with Crippen LogP contribution in [0.1, 0.15) is 79.1 Å². The standard InChI is InChI=1S/C22H36O3/c1-15(14-17(3)23)8-10-18-16(2)9-11-19-21(18,4)12-7-13-22(19,5)20(24)25-6/h15,18-19H,2,7-14H2,1,3-6H3/t15-,18-,19-,21+,22-/m0/s1. The molecule has 0 radical (unpaired) electrons. The van der Waals surface area contributed by atoms with E-state index in [2.05, 4.69) is 27.4 Å². The first-order chi connectivity index (χ1) is 11.6. The summed E-state index contributed by atoms with van der Waals surface area (Å²) in [7, 11) is 1.52. The summed E-state index contributed by atoms with van der Waals surface area (Å²) in [6.45, 7) is 12.7. The van der Waals surface area contributed by atoms with Gasteiger partial charge in [0, 0.05) is 6.42 Å². The summed E-state index contributed by atoms with van der Waals surface area (Å²) in [6.07, 6.45) is 8.02. The number of Topliss-reactive ketones (excluding diaryl/α,β-unsaturated/α-hetero) is 1. The maximum absolute atomic E-state index is 12.6. The highest BCUT2D eigenvalue weighted by molar-refractivity contribution is 5.77. The van der Waals surface area contributed by atoms with E-state index in [4.69, 9.17) is 4.74 Å². The third-order valence-corrected chi connectivity index (χ3v) is 7.26. The Labute approximate surface area is 153 Å². The number of allylic oxidation sites excluding steroid dienone is 1. The van der Waals surface area contributed by atoms with Gasteiger partial charge in [-0.1, -0.05) is 32.4 Å². The molecule has 2 aliphatic carbocycles. The van der Waals surface area contributed by atoms with Gasteiger partial charge < -0.3 is 9.53 Å². The second-order valence-corrected chi connectivity index (χ2v) is 9.16. The Morgan fingerprint density at radius 1 is 1.32 bits per heavy atom. The minimum Gasteiger partial charge on any atom is -0.469 e. The molecular formula is C22H36O3. The van der Waals surface area contributed by atoms with Crippen LogP contribution in [0.15, 0.2) is 12.2 Å². The maximum atomic E-state index is 12.6. The number of methoxy groups -OCH3 is 1. The molecule has 2 rings (SSSR count). The Kier molecular flexibility index (Phi) is 6.17. The average molecular weight is 349 g/mol. The molecule has 25 heavy (non-hydrogen) atoms. The molecule has 2 fully saturated rings. The first-order valence-electron chi connectivity index (χ1n) is 9.90. The van der Waals surface area contributed by atoms with Gasteiger partial charge in [-0.3, -0.25) is 4.79 Å². The van der Waals surface area contributed by atoms with Crippen molar-refractivity contribution in [2.45, 2.75) is 79.1 Å². The second-order valence-electron chi connectivity index (χ2n) is 9.16. The fourth-order valence-electron chi connectivity index (χ4n) is 6.00. The van der Waals surface area contributed by atoms with Gasteiger partial charge in [0.25, 0.3) is 0 Å². The number of esters is 1. The van der Waals surface area contributed by atoms with Gasteiger partial charge in [0.1, 0.15) is 5.78 Å². The van der Waals surface area contributed by atoms with Gasteiger partial charge in [-0.15, -0.1) is 0 Å². The van der Waals surface area contributed by atoms with Gasteiger partial charge in [-0.2, -0.15) is 0 Å². The molecule has 0 aromatic heterocycles. The Bertz CT molecular complexity index is 537. The summed E-state index contributed by atoms with van der Waals surface area (Å²) in [4.78, 5) is 24.0. The zero-order valence-corrected chi connectivity index (χ0v) is 16.8. The van der Waals surface area contributed by atoms with Crippen LogP contribution in [-0.2, 0) is 14.3 Å². The van der Waals surface area contributed by atoms with Crippen molar-refractivity contribution in [3.05, 3.63) is 12.2 Å². The zero-order valence-electron chi connectivity index (χ0n) is 16.8. The molecular weight excluding hydrogens is 312 g/mol. The number of carbonyl (C=O) groups is 2. The van der Waals surface area contributed by atoms with Crippen molar-refractivity contribution in [1.82, 2.24) is 0 Å². The molecule has 3 nitrogen and oxygen atoms in total. The fraction of sp³-hybridized carbons (Fsp3) is 0.818. The second kappa shape index (κ2) is 7.63. The lowest BCUT2D eigenvalue weighted by atomic mass is 9.46. The van der Waals surface area contributed by atoms with Crippen molar-refractivity contribution in [2.24, 2.45) is 28.6 Å². The highest BCUT2D eigenvalue weighted by Crippen LogP contribution is 2.62. The summed E-state index contributed by atoms with van der Waals surface area (Å²) in [6, 6.07) is 0. The molecule has 2 saturated carbocycles. The van der Waals surface area contributed by atoms with Gasteiger partial charge in [-0.05, 0) is 75.5 Å². The van der Waals surface area contributed by atoms with E-state index in [1.807, 2.05) is 0 Å². The Morgan fingerprint density at radius 3 is 2.60 bits per heavy atom. The highest BCUT2D eigenvalue weighted by atomic mass is 16.5. The van der Waals surface area contributed by atoms with Crippen LogP contribution in [0, 0.1) is 28.6 Å². The van der Waals surface area contributed by atoms with Crippen LogP contribution in [-0.4, -0.2) is 18.9 Å². The Balaban J connectivity index is 2.21. The SMILES string of the molecule is C=C1CC[C@H]2[C@](C)(CCC[C@]2(C)C(=O)OC)[C@H]1CC[C@H](C)CC(C)=O. The summed E-state index contributed by atoms with van der Waals surface area (Å²) >= 11 is 0. The number of rotatable bonds is 6. The number of carbonyl (C=O) groups excluding carboxylic acids is 2. The number of hydrogen-bond donors (Lipinski definition) is 0. The normalized spacial score (nSPS) is 36.4. The van der Waals surface area contributed by atoms with Gasteiger partial charge in [-0.25, -0.2) is 0 Å². The number of hydrogen-bond acceptors (Lipinski definition) is 3. The van der Waals surface area contributed by atoms with Crippen molar-refractivity contribution in [1.29, 1.82) is 0 Å². The topological polar surface area (TPSA) is 43.4 Å². The van der Waals surface area contributed by atoms with Gasteiger partial charge in [0.2, 0.25) is 0 Å². The number of ketones is 1. The van der Waals surface area contributed by atoms with E-state index in [1.165, 1.54) is 12.7 Å². The first kappa shape index (κ1) is 20.2. The molecule has 2 aliphatic rings. The highest BCUT2D eigenvalue weighted by Gasteiger charge is 2.57. The molecule has 142 valence electrons. The maximum Gasteiger partial charge on any atom is 0.311 e. The van der Waals surface area contributed by atoms with E-state index < -0.39 is 0 Å². The molecule has 0 saturated heterocycles. The lowest BCUT2D eigenvalue weighted by Gasteiger charge is -2.57. The van der Waals surface area contributed by atoms with Gasteiger partial charge in [0.15, 0.2) is 0 Å². The molecule has 0 unspecified atom stereocenters. The lowest BCUT2D eigenvalue weighted by molar-refractivity contribution is -0.168. The van der Waals surface area contributed by atoms with Crippen LogP contribution < -0.4 is 0 Å². The molecule has 0 heterocycles. The van der Waals surface area contributed by atoms with Crippen LogP contribution in [0.5, 0.6) is 0 Å². The third kappa shape index (κ3) is 3.85. The van der Waals surface area contributed by atoms with E-state index in [0.717, 1.165) is 44.9 Å². The minimum atomic E-state index is -0.369. The van der Waals surface area contributed by atoms with Gasteiger partial charge in [0.05, 0.1) is 12.5 Å². The molecule has 5 atom stereocenters. The Morgan fingerprint density at radius 2 is 2.00 bits per heavy atom. The summed E-state index contributed by atoms with van der Waals surface area (Å²) in [5, 5.41) is 0. The van der Waals surface area contributed by atoms with E-state index in [9.17, 15) is 9.59 Å². The molecule has 0 aromatic carbocycles. The molecule has 0 N–H and O–H groups in total. The largest absolute Gasteiger partial charge is 0.469 e. The molecule has 0 bridgehead atoms. The van der Waals surface area contributed by atoms with Crippen molar-refractivity contribution >= 4 is 11.8 Å². The lowest BCUT2D eigenvalue weighted by Crippen LogP contribution is -2.53. The first-order valence-corrected chi connectivity index (χ1v) is 9.90. The summed E-state index contributed by atoms with van der Waals surface area (Å²) < 4.78 is 5.19. The summed E-state index contributed by atoms with van der Waals surface area (Å²) in [5.41, 5.74) is 1.10. The minimum absolute atomic E-state index is 0.0420. The van der Waals surface area contributed by atoms with Crippen molar-refractivity contribution in [2.75, 3.05) is 7.11 Å². The fourth-order valence-corrected chi connectivity index (χ4v) is 6.00. The summed E-state index contributed by atoms with van der Waals surface area (Å²) in [5.74, 6) is 1.46. The molecule has 0 spiro atoms. The predicted octanol–water partition coefficient (Wildman–Crippen LogP) is 5.33. The zero-order chi connectivity index (χ0) is 18.8. The predicted molar refractivity (Wildman–Crippen MR) is 101 cm³/mol. The van der Waals surface area contributed by atoms with Crippen LogP contribution in [0.2, 0.25) is 0 Å². The molecule has 0 aliphatic heterocycles. The monoisotopic (exact) mass is 348 g/mol. The Hall–Kier alpha value is -1.12. The number of fused-ring (bicyclic) bond motifs is 1. The van der Waals surface area contributed by atoms with Crippen LogP contribution in [0.25, 0.3) is 0 Å². The van der Waals surface area contributed by atoms with E-state index in [1.54, 1.807) is 6.92 Å². The molecule has 0 amide bonds.